The number of rotatable bonds is 0. The lowest BCUT2D eigenvalue weighted by Gasteiger charge is -2.43. The zero-order valence-electron chi connectivity index (χ0n) is 5.51. The van der Waals surface area contributed by atoms with Gasteiger partial charge in [-0.1, -0.05) is 0 Å². The number of hydrogen-bond donors (Lipinski definition) is 0. The average molecular weight is 121 g/mol. The van der Waals surface area contributed by atoms with Crippen LogP contribution in [0.2, 0.25) is 0 Å². The summed E-state index contributed by atoms with van der Waals surface area (Å²) in [7, 11) is 0. The molecule has 3 rings (SSSR count). The Kier molecular flexibility index (Phi) is 1.02. The molecule has 0 aromatic heterocycles. The Morgan fingerprint density at radius 3 is 2.33 bits per heavy atom. The SMILES string of the molecule is N#CC1CCC2CC1C2. The zero-order valence-corrected chi connectivity index (χ0v) is 5.51. The molecule has 0 aromatic rings. The Morgan fingerprint density at radius 2 is 2.00 bits per heavy atom. The molecule has 0 amide bonds. The molecule has 1 heteroatoms. The monoisotopic (exact) mass is 121 g/mol. The van der Waals surface area contributed by atoms with Crippen molar-refractivity contribution in [2.45, 2.75) is 25.7 Å². The largest absolute Gasteiger partial charge is 0.198 e. The van der Waals surface area contributed by atoms with Crippen LogP contribution in [0, 0.1) is 29.1 Å². The topological polar surface area (TPSA) is 23.8 Å². The van der Waals surface area contributed by atoms with Gasteiger partial charge in [0.2, 0.25) is 0 Å². The quantitative estimate of drug-likeness (QED) is 0.480. The van der Waals surface area contributed by atoms with Crippen molar-refractivity contribution in [3.8, 4) is 6.07 Å². The van der Waals surface area contributed by atoms with Crippen LogP contribution in [0.1, 0.15) is 25.7 Å². The Labute approximate surface area is 55.7 Å². The fraction of sp³-hybridized carbons (Fsp3) is 0.875. The Balaban J connectivity index is 2.03. The van der Waals surface area contributed by atoms with Crippen LogP contribution in [0.4, 0.5) is 0 Å². The van der Waals surface area contributed by atoms with Crippen molar-refractivity contribution in [1.29, 1.82) is 5.26 Å². The van der Waals surface area contributed by atoms with Crippen molar-refractivity contribution in [3.05, 3.63) is 0 Å². The molecule has 3 aliphatic carbocycles. The summed E-state index contributed by atoms with van der Waals surface area (Å²) in [6, 6.07) is 2.39. The van der Waals surface area contributed by atoms with Crippen molar-refractivity contribution < 1.29 is 0 Å². The maximum absolute atomic E-state index is 8.64. The highest BCUT2D eigenvalue weighted by Gasteiger charge is 2.39. The van der Waals surface area contributed by atoms with E-state index in [9.17, 15) is 0 Å². The summed E-state index contributed by atoms with van der Waals surface area (Å²) >= 11 is 0. The zero-order chi connectivity index (χ0) is 6.27. The van der Waals surface area contributed by atoms with E-state index in [4.69, 9.17) is 5.26 Å². The van der Waals surface area contributed by atoms with E-state index < -0.39 is 0 Å². The van der Waals surface area contributed by atoms with Crippen LogP contribution >= 0.6 is 0 Å². The summed E-state index contributed by atoms with van der Waals surface area (Å²) in [4.78, 5) is 0. The van der Waals surface area contributed by atoms with Gasteiger partial charge in [-0.15, -0.1) is 0 Å². The van der Waals surface area contributed by atoms with E-state index in [2.05, 4.69) is 6.07 Å². The predicted octanol–water partition coefficient (Wildman–Crippen LogP) is 1.95. The van der Waals surface area contributed by atoms with E-state index in [1.165, 1.54) is 25.7 Å². The molecule has 0 aromatic carbocycles. The van der Waals surface area contributed by atoms with Gasteiger partial charge in [-0.2, -0.15) is 5.26 Å². The van der Waals surface area contributed by atoms with Crippen LogP contribution in [0.5, 0.6) is 0 Å². The second kappa shape index (κ2) is 1.73. The highest BCUT2D eigenvalue weighted by molar-refractivity contribution is 4.99. The summed E-state index contributed by atoms with van der Waals surface area (Å²) in [6.07, 6.45) is 5.23. The molecule has 0 aliphatic heterocycles. The van der Waals surface area contributed by atoms with Gasteiger partial charge in [-0.25, -0.2) is 0 Å². The third-order valence-electron chi connectivity index (χ3n) is 2.89. The molecule has 0 spiro atoms. The van der Waals surface area contributed by atoms with Crippen LogP contribution in [0.3, 0.4) is 0 Å². The van der Waals surface area contributed by atoms with Gasteiger partial charge in [0.15, 0.2) is 0 Å². The second-order valence-corrected chi connectivity index (χ2v) is 3.41. The fourth-order valence-corrected chi connectivity index (χ4v) is 2.17. The molecule has 1 atom stereocenters. The molecule has 1 nitrogen and oxygen atoms in total. The lowest BCUT2D eigenvalue weighted by atomic mass is 9.60. The molecule has 9 heavy (non-hydrogen) atoms. The van der Waals surface area contributed by atoms with Gasteiger partial charge in [-0.05, 0) is 37.5 Å². The molecular weight excluding hydrogens is 110 g/mol. The minimum Gasteiger partial charge on any atom is -0.198 e. The minimum atomic E-state index is 0.426. The van der Waals surface area contributed by atoms with Crippen LogP contribution in [0.15, 0.2) is 0 Å². The molecule has 0 saturated heterocycles. The van der Waals surface area contributed by atoms with Gasteiger partial charge >= 0.3 is 0 Å². The summed E-state index contributed by atoms with van der Waals surface area (Å²) in [6.45, 7) is 0. The van der Waals surface area contributed by atoms with Gasteiger partial charge in [0.1, 0.15) is 0 Å². The molecule has 3 saturated carbocycles. The van der Waals surface area contributed by atoms with Crippen molar-refractivity contribution in [1.82, 2.24) is 0 Å². The predicted molar refractivity (Wildman–Crippen MR) is 34.6 cm³/mol. The Morgan fingerprint density at radius 1 is 1.22 bits per heavy atom. The molecule has 1 unspecified atom stereocenters. The second-order valence-electron chi connectivity index (χ2n) is 3.41. The first-order valence-electron chi connectivity index (χ1n) is 3.80. The lowest BCUT2D eigenvalue weighted by Crippen LogP contribution is -2.35. The van der Waals surface area contributed by atoms with E-state index in [1.54, 1.807) is 0 Å². The third kappa shape index (κ3) is 0.660. The van der Waals surface area contributed by atoms with Crippen molar-refractivity contribution in [2.24, 2.45) is 17.8 Å². The molecule has 0 N–H and O–H groups in total. The molecular formula is C8H11N. The lowest BCUT2D eigenvalue weighted by molar-refractivity contribution is 0.0779. The summed E-state index contributed by atoms with van der Waals surface area (Å²) in [5.74, 6) is 2.24. The Bertz CT molecular complexity index is 148. The fourth-order valence-electron chi connectivity index (χ4n) is 2.17. The van der Waals surface area contributed by atoms with Crippen LogP contribution in [0.25, 0.3) is 0 Å². The maximum Gasteiger partial charge on any atom is 0.0658 e. The van der Waals surface area contributed by atoms with Crippen LogP contribution in [-0.4, -0.2) is 0 Å². The first kappa shape index (κ1) is 5.29. The molecule has 0 radical (unpaired) electrons. The molecule has 48 valence electrons. The van der Waals surface area contributed by atoms with Crippen molar-refractivity contribution in [3.63, 3.8) is 0 Å². The van der Waals surface area contributed by atoms with Gasteiger partial charge in [0.25, 0.3) is 0 Å². The summed E-state index contributed by atoms with van der Waals surface area (Å²) < 4.78 is 0. The number of nitrogens with zero attached hydrogens (tertiary/aromatic N) is 1. The minimum absolute atomic E-state index is 0.426. The van der Waals surface area contributed by atoms with E-state index in [1.807, 2.05) is 0 Å². The maximum atomic E-state index is 8.64. The smallest absolute Gasteiger partial charge is 0.0658 e. The highest BCUT2D eigenvalue weighted by atomic mass is 14.5. The van der Waals surface area contributed by atoms with E-state index in [-0.39, 0.29) is 0 Å². The normalized spacial score (nSPS) is 47.2. The average Bonchev–Trinajstić information content (AvgIpc) is 1.86. The number of nitriles is 1. The van der Waals surface area contributed by atoms with Gasteiger partial charge in [0, 0.05) is 5.92 Å². The molecule has 2 bridgehead atoms. The number of fused-ring (bicyclic) bond motifs is 2. The third-order valence-corrected chi connectivity index (χ3v) is 2.89. The van der Waals surface area contributed by atoms with Gasteiger partial charge in [0.05, 0.1) is 6.07 Å². The van der Waals surface area contributed by atoms with E-state index >= 15 is 0 Å². The first-order valence-corrected chi connectivity index (χ1v) is 3.80. The van der Waals surface area contributed by atoms with Crippen molar-refractivity contribution in [2.75, 3.05) is 0 Å². The molecule has 0 heterocycles. The first-order chi connectivity index (χ1) is 4.40. The van der Waals surface area contributed by atoms with Gasteiger partial charge < -0.3 is 0 Å². The van der Waals surface area contributed by atoms with E-state index in [0.717, 1.165) is 11.8 Å². The van der Waals surface area contributed by atoms with Gasteiger partial charge in [-0.3, -0.25) is 0 Å². The summed E-state index contributed by atoms with van der Waals surface area (Å²) in [5.41, 5.74) is 0. The highest BCUT2D eigenvalue weighted by Crippen LogP contribution is 2.48. The van der Waals surface area contributed by atoms with Crippen LogP contribution in [-0.2, 0) is 0 Å². The number of hydrogen-bond acceptors (Lipinski definition) is 1. The van der Waals surface area contributed by atoms with Crippen LogP contribution < -0.4 is 0 Å². The Hall–Kier alpha value is -0.510. The van der Waals surface area contributed by atoms with E-state index in [0.29, 0.717) is 5.92 Å². The van der Waals surface area contributed by atoms with Crippen molar-refractivity contribution >= 4 is 0 Å². The summed E-state index contributed by atoms with van der Waals surface area (Å²) in [5, 5.41) is 8.64. The molecule has 3 fully saturated rings. The standard InChI is InChI=1S/C8H11N/c9-5-7-2-1-6-3-8(7)4-6/h6-8H,1-4H2. The molecule has 3 aliphatic rings.